The van der Waals surface area contributed by atoms with Crippen LogP contribution in [0.15, 0.2) is 30.3 Å². The Labute approximate surface area is 144 Å². The summed E-state index contributed by atoms with van der Waals surface area (Å²) in [6, 6.07) is 9.75. The Bertz CT molecular complexity index is 676. The van der Waals surface area contributed by atoms with Crippen molar-refractivity contribution in [3.05, 3.63) is 47.2 Å². The van der Waals surface area contributed by atoms with Gasteiger partial charge in [-0.2, -0.15) is 0 Å². The number of anilines is 2. The van der Waals surface area contributed by atoms with E-state index in [2.05, 4.69) is 47.6 Å². The molecule has 0 spiro atoms. The van der Waals surface area contributed by atoms with E-state index >= 15 is 0 Å². The average Bonchev–Trinajstić information content (AvgIpc) is 2.58. The van der Waals surface area contributed by atoms with Crippen molar-refractivity contribution in [3.8, 4) is 0 Å². The number of carbonyl (C=O) groups excluding carboxylic acids is 1. The molecule has 0 unspecified atom stereocenters. The van der Waals surface area contributed by atoms with Gasteiger partial charge in [-0.25, -0.2) is 0 Å². The Morgan fingerprint density at radius 2 is 1.75 bits per heavy atom. The lowest BCUT2D eigenvalue weighted by molar-refractivity contribution is 0.0748. The quantitative estimate of drug-likeness (QED) is 0.832. The minimum Gasteiger partial charge on any atom is -0.339 e. The fourth-order valence-corrected chi connectivity index (χ4v) is 2.54. The van der Waals surface area contributed by atoms with Gasteiger partial charge in [-0.05, 0) is 56.0 Å². The molecule has 0 aliphatic heterocycles. The van der Waals surface area contributed by atoms with Crippen molar-refractivity contribution in [1.82, 2.24) is 15.1 Å². The van der Waals surface area contributed by atoms with E-state index in [1.807, 2.05) is 18.7 Å². The van der Waals surface area contributed by atoms with Gasteiger partial charge < -0.3 is 10.2 Å². The number of benzene rings is 1. The third kappa shape index (κ3) is 4.54. The number of rotatable bonds is 7. The van der Waals surface area contributed by atoms with E-state index in [0.29, 0.717) is 11.5 Å². The number of aromatic nitrogens is 2. The molecule has 0 fully saturated rings. The van der Waals surface area contributed by atoms with Crippen LogP contribution in [0.4, 0.5) is 11.5 Å². The summed E-state index contributed by atoms with van der Waals surface area (Å²) < 4.78 is 0. The number of nitrogens with zero attached hydrogens (tertiary/aromatic N) is 3. The Balaban J connectivity index is 2.12. The zero-order valence-corrected chi connectivity index (χ0v) is 15.0. The van der Waals surface area contributed by atoms with Gasteiger partial charge in [0.2, 0.25) is 0 Å². The van der Waals surface area contributed by atoms with Crippen LogP contribution in [0, 0.1) is 13.8 Å². The van der Waals surface area contributed by atoms with Crippen LogP contribution in [-0.4, -0.2) is 34.1 Å². The normalized spacial score (nSPS) is 10.5. The molecule has 1 aromatic heterocycles. The third-order valence-corrected chi connectivity index (χ3v) is 3.81. The highest BCUT2D eigenvalue weighted by Gasteiger charge is 2.16. The summed E-state index contributed by atoms with van der Waals surface area (Å²) in [6.07, 6.45) is 1.87. The molecule has 128 valence electrons. The first kappa shape index (κ1) is 17.9. The lowest BCUT2D eigenvalue weighted by Gasteiger charge is -2.20. The lowest BCUT2D eigenvalue weighted by atomic mass is 10.1. The van der Waals surface area contributed by atoms with E-state index in [4.69, 9.17) is 0 Å². The van der Waals surface area contributed by atoms with E-state index in [1.54, 1.807) is 12.1 Å². The van der Waals surface area contributed by atoms with Crippen LogP contribution >= 0.6 is 0 Å². The summed E-state index contributed by atoms with van der Waals surface area (Å²) in [5.74, 6) is 0.585. The number of carbonyl (C=O) groups is 1. The smallest absolute Gasteiger partial charge is 0.274 e. The number of amides is 1. The molecule has 0 bridgehead atoms. The largest absolute Gasteiger partial charge is 0.339 e. The van der Waals surface area contributed by atoms with E-state index in [9.17, 15) is 4.79 Å². The van der Waals surface area contributed by atoms with E-state index < -0.39 is 0 Å². The van der Waals surface area contributed by atoms with Crippen molar-refractivity contribution in [2.75, 3.05) is 18.4 Å². The molecule has 0 aliphatic carbocycles. The highest BCUT2D eigenvalue weighted by molar-refractivity contribution is 5.92. The second-order valence-electron chi connectivity index (χ2n) is 6.04. The van der Waals surface area contributed by atoms with Gasteiger partial charge in [0.05, 0.1) is 0 Å². The summed E-state index contributed by atoms with van der Waals surface area (Å²) in [5.41, 5.74) is 3.71. The minimum atomic E-state index is -0.0514. The molecule has 5 nitrogen and oxygen atoms in total. The standard InChI is InChI=1S/C19H26N4O/c1-5-11-23(12-6-2)19(24)16-9-10-18(22-21-16)20-17-13-14(3)7-8-15(17)4/h7-10,13H,5-6,11-12H2,1-4H3,(H,20,22). The molecular formula is C19H26N4O. The van der Waals surface area contributed by atoms with E-state index in [1.165, 1.54) is 5.56 Å². The molecule has 0 aliphatic rings. The van der Waals surface area contributed by atoms with Crippen LogP contribution in [0.3, 0.4) is 0 Å². The molecule has 0 radical (unpaired) electrons. The molecule has 1 amide bonds. The number of aryl methyl sites for hydroxylation is 2. The first-order valence-electron chi connectivity index (χ1n) is 8.52. The Morgan fingerprint density at radius 3 is 2.33 bits per heavy atom. The average molecular weight is 326 g/mol. The van der Waals surface area contributed by atoms with Gasteiger partial charge in [-0.3, -0.25) is 4.79 Å². The van der Waals surface area contributed by atoms with E-state index in [0.717, 1.165) is 37.2 Å². The predicted octanol–water partition coefficient (Wildman–Crippen LogP) is 4.10. The fourth-order valence-electron chi connectivity index (χ4n) is 2.54. The highest BCUT2D eigenvalue weighted by atomic mass is 16.2. The topological polar surface area (TPSA) is 58.1 Å². The Hall–Kier alpha value is -2.43. The molecule has 1 N–H and O–H groups in total. The second-order valence-corrected chi connectivity index (χ2v) is 6.04. The summed E-state index contributed by atoms with van der Waals surface area (Å²) in [5, 5.41) is 11.5. The number of nitrogens with one attached hydrogen (secondary N) is 1. The molecule has 5 heteroatoms. The van der Waals surface area contributed by atoms with Crippen LogP contribution in [0.5, 0.6) is 0 Å². The van der Waals surface area contributed by atoms with Crippen molar-refractivity contribution in [2.24, 2.45) is 0 Å². The maximum atomic E-state index is 12.5. The first-order chi connectivity index (χ1) is 11.5. The lowest BCUT2D eigenvalue weighted by Crippen LogP contribution is -2.33. The van der Waals surface area contributed by atoms with Crippen molar-refractivity contribution >= 4 is 17.4 Å². The minimum absolute atomic E-state index is 0.0514. The number of hydrogen-bond acceptors (Lipinski definition) is 4. The van der Waals surface area contributed by atoms with Gasteiger partial charge in [-0.15, -0.1) is 10.2 Å². The van der Waals surface area contributed by atoms with Crippen molar-refractivity contribution in [1.29, 1.82) is 0 Å². The fraction of sp³-hybridized carbons (Fsp3) is 0.421. The van der Waals surface area contributed by atoms with Crippen LogP contribution in [0.1, 0.15) is 48.3 Å². The van der Waals surface area contributed by atoms with Crippen LogP contribution in [0.25, 0.3) is 0 Å². The van der Waals surface area contributed by atoms with Gasteiger partial charge in [0.25, 0.3) is 5.91 Å². The first-order valence-corrected chi connectivity index (χ1v) is 8.52. The van der Waals surface area contributed by atoms with Crippen LogP contribution in [-0.2, 0) is 0 Å². The summed E-state index contributed by atoms with van der Waals surface area (Å²) in [7, 11) is 0. The predicted molar refractivity (Wildman–Crippen MR) is 97.7 cm³/mol. The molecule has 2 aromatic rings. The van der Waals surface area contributed by atoms with Gasteiger partial charge in [0.15, 0.2) is 11.5 Å². The van der Waals surface area contributed by atoms with Crippen LogP contribution in [0.2, 0.25) is 0 Å². The molecular weight excluding hydrogens is 300 g/mol. The summed E-state index contributed by atoms with van der Waals surface area (Å²) in [6.45, 7) is 9.72. The van der Waals surface area contributed by atoms with Crippen molar-refractivity contribution in [2.45, 2.75) is 40.5 Å². The number of hydrogen-bond donors (Lipinski definition) is 1. The second kappa shape index (κ2) is 8.43. The SMILES string of the molecule is CCCN(CCC)C(=O)c1ccc(Nc2cc(C)ccc2C)nn1. The zero-order chi connectivity index (χ0) is 17.5. The van der Waals surface area contributed by atoms with Gasteiger partial charge >= 0.3 is 0 Å². The third-order valence-electron chi connectivity index (χ3n) is 3.81. The maximum absolute atomic E-state index is 12.5. The van der Waals surface area contributed by atoms with Gasteiger partial charge in [-0.1, -0.05) is 26.0 Å². The molecule has 2 rings (SSSR count). The van der Waals surface area contributed by atoms with Gasteiger partial charge in [0.1, 0.15) is 0 Å². The molecule has 0 saturated carbocycles. The summed E-state index contributed by atoms with van der Waals surface area (Å²) >= 11 is 0. The monoisotopic (exact) mass is 326 g/mol. The van der Waals surface area contributed by atoms with Crippen molar-refractivity contribution < 1.29 is 4.79 Å². The zero-order valence-electron chi connectivity index (χ0n) is 15.0. The van der Waals surface area contributed by atoms with Crippen LogP contribution < -0.4 is 5.32 Å². The summed E-state index contributed by atoms with van der Waals surface area (Å²) in [4.78, 5) is 14.3. The highest BCUT2D eigenvalue weighted by Crippen LogP contribution is 2.20. The van der Waals surface area contributed by atoms with Gasteiger partial charge in [0, 0.05) is 18.8 Å². The Kier molecular flexibility index (Phi) is 6.29. The Morgan fingerprint density at radius 1 is 1.04 bits per heavy atom. The molecule has 0 atom stereocenters. The maximum Gasteiger partial charge on any atom is 0.274 e. The molecule has 1 aromatic carbocycles. The molecule has 0 saturated heterocycles. The molecule has 1 heterocycles. The molecule has 24 heavy (non-hydrogen) atoms. The van der Waals surface area contributed by atoms with Crippen molar-refractivity contribution in [3.63, 3.8) is 0 Å². The van der Waals surface area contributed by atoms with E-state index in [-0.39, 0.29) is 5.91 Å².